The predicted molar refractivity (Wildman–Crippen MR) is 114 cm³/mol. The molecule has 1 aromatic carbocycles. The van der Waals surface area contributed by atoms with Gasteiger partial charge in [0.2, 0.25) is 0 Å². The molecule has 8 heteroatoms. The second kappa shape index (κ2) is 9.16. The summed E-state index contributed by atoms with van der Waals surface area (Å²) in [4.78, 5) is 26.2. The first-order chi connectivity index (χ1) is 13.2. The van der Waals surface area contributed by atoms with Crippen molar-refractivity contribution in [2.24, 2.45) is 5.73 Å². The predicted octanol–water partition coefficient (Wildman–Crippen LogP) is 3.08. The van der Waals surface area contributed by atoms with Gasteiger partial charge in [0, 0.05) is 19.3 Å². The molecule has 3 aromatic rings. The van der Waals surface area contributed by atoms with Gasteiger partial charge < -0.3 is 16.0 Å². The molecule has 4 N–H and O–H groups in total. The van der Waals surface area contributed by atoms with E-state index in [1.807, 2.05) is 36.5 Å². The highest BCUT2D eigenvalue weighted by Gasteiger charge is 2.27. The van der Waals surface area contributed by atoms with Gasteiger partial charge in [-0.2, -0.15) is 0 Å². The number of nitrogens with one attached hydrogen (secondary N) is 2. The number of halogens is 1. The number of carbonyl (C=O) groups excluding carboxylic acids is 1. The molecular formula is C20H25BrN6O. The summed E-state index contributed by atoms with van der Waals surface area (Å²) in [5, 5.41) is 2.70. The van der Waals surface area contributed by atoms with Gasteiger partial charge in [-0.05, 0) is 43.0 Å². The van der Waals surface area contributed by atoms with E-state index in [2.05, 4.69) is 26.3 Å². The topological polar surface area (TPSA) is 99.9 Å². The fourth-order valence-corrected chi connectivity index (χ4v) is 3.88. The number of benzene rings is 1. The summed E-state index contributed by atoms with van der Waals surface area (Å²) in [6.45, 7) is 1.84. The van der Waals surface area contributed by atoms with Crippen molar-refractivity contribution in [3.63, 3.8) is 0 Å². The zero-order chi connectivity index (χ0) is 18.6. The fraction of sp³-hybridized carbons (Fsp3) is 0.350. The maximum atomic E-state index is 11.1. The van der Waals surface area contributed by atoms with E-state index in [4.69, 9.17) is 10.7 Å². The van der Waals surface area contributed by atoms with Crippen LogP contribution in [-0.4, -0.2) is 39.0 Å². The van der Waals surface area contributed by atoms with Gasteiger partial charge in [0.1, 0.15) is 5.82 Å². The number of fused-ring (bicyclic) bond motifs is 2. The van der Waals surface area contributed by atoms with E-state index < -0.39 is 6.03 Å². The van der Waals surface area contributed by atoms with Gasteiger partial charge >= 0.3 is 6.03 Å². The zero-order valence-electron chi connectivity index (χ0n) is 15.6. The number of nitrogens with two attached hydrogens (primary N) is 1. The van der Waals surface area contributed by atoms with Gasteiger partial charge in [0.25, 0.3) is 0 Å². The number of aromatic nitrogens is 3. The number of amides is 2. The Bertz CT molecular complexity index is 910. The lowest BCUT2D eigenvalue weighted by atomic mass is 9.91. The molecule has 0 saturated carbocycles. The van der Waals surface area contributed by atoms with Gasteiger partial charge in [0.05, 0.1) is 29.3 Å². The molecule has 0 bridgehead atoms. The number of primary amides is 1. The summed E-state index contributed by atoms with van der Waals surface area (Å²) < 4.78 is 0. The van der Waals surface area contributed by atoms with Crippen molar-refractivity contribution in [3.8, 4) is 0 Å². The van der Waals surface area contributed by atoms with Crippen LogP contribution in [0.5, 0.6) is 0 Å². The normalized spacial score (nSPS) is 15.8. The minimum Gasteiger partial charge on any atom is -0.352 e. The first-order valence-corrected chi connectivity index (χ1v) is 9.35. The Morgan fingerprint density at radius 3 is 2.96 bits per heavy atom. The molecule has 0 fully saturated rings. The molecule has 1 aliphatic carbocycles. The number of urea groups is 1. The summed E-state index contributed by atoms with van der Waals surface area (Å²) in [5.41, 5.74) is 9.68. The number of aryl methyl sites for hydroxylation is 1. The first-order valence-electron chi connectivity index (χ1n) is 9.35. The summed E-state index contributed by atoms with van der Waals surface area (Å²) in [6, 6.07) is 11.9. The van der Waals surface area contributed by atoms with Crippen molar-refractivity contribution in [1.29, 1.82) is 0 Å². The van der Waals surface area contributed by atoms with E-state index in [1.54, 1.807) is 0 Å². The second-order valence-electron chi connectivity index (χ2n) is 6.92. The quantitative estimate of drug-likeness (QED) is 0.543. The third-order valence-electron chi connectivity index (χ3n) is 5.10. The van der Waals surface area contributed by atoms with Crippen LogP contribution in [0.4, 0.5) is 4.79 Å². The van der Waals surface area contributed by atoms with Gasteiger partial charge in [-0.25, -0.2) is 9.78 Å². The number of imidazole rings is 1. The molecule has 2 aromatic heterocycles. The third kappa shape index (κ3) is 4.51. The Kier molecular flexibility index (Phi) is 6.64. The SMILES string of the molecule is Br.NC(=O)NCCN(Cc1nc2ccccc2[nH]1)C1CCCc2cccnc21. The number of carbonyl (C=O) groups is 1. The van der Waals surface area contributed by atoms with Crippen LogP contribution in [0.3, 0.4) is 0 Å². The van der Waals surface area contributed by atoms with Gasteiger partial charge in [-0.3, -0.25) is 9.88 Å². The summed E-state index contributed by atoms with van der Waals surface area (Å²) in [6.07, 6.45) is 5.10. The lowest BCUT2D eigenvalue weighted by molar-refractivity contribution is 0.163. The minimum absolute atomic E-state index is 0. The van der Waals surface area contributed by atoms with Crippen molar-refractivity contribution >= 4 is 34.0 Å². The lowest BCUT2D eigenvalue weighted by Gasteiger charge is -2.34. The van der Waals surface area contributed by atoms with Crippen LogP contribution in [0.25, 0.3) is 11.0 Å². The van der Waals surface area contributed by atoms with E-state index in [0.717, 1.165) is 41.8 Å². The highest BCUT2D eigenvalue weighted by Crippen LogP contribution is 2.33. The van der Waals surface area contributed by atoms with Crippen LogP contribution in [0.2, 0.25) is 0 Å². The maximum Gasteiger partial charge on any atom is 0.312 e. The van der Waals surface area contributed by atoms with Crippen LogP contribution in [0, 0.1) is 0 Å². The van der Waals surface area contributed by atoms with Crippen molar-refractivity contribution < 1.29 is 4.79 Å². The highest BCUT2D eigenvalue weighted by atomic mass is 79.9. The number of nitrogens with zero attached hydrogens (tertiary/aromatic N) is 3. The Hall–Kier alpha value is -2.45. The molecule has 1 atom stereocenters. The number of hydrogen-bond acceptors (Lipinski definition) is 4. The molecule has 0 saturated heterocycles. The van der Waals surface area contributed by atoms with Crippen molar-refractivity contribution in [2.45, 2.75) is 31.8 Å². The molecular weight excluding hydrogens is 420 g/mol. The van der Waals surface area contributed by atoms with Crippen LogP contribution < -0.4 is 11.1 Å². The summed E-state index contributed by atoms with van der Waals surface area (Å²) in [5.74, 6) is 0.915. The number of hydrogen-bond donors (Lipinski definition) is 3. The van der Waals surface area contributed by atoms with Crippen molar-refractivity contribution in [3.05, 3.63) is 59.7 Å². The van der Waals surface area contributed by atoms with Gasteiger partial charge in [-0.1, -0.05) is 18.2 Å². The van der Waals surface area contributed by atoms with Crippen molar-refractivity contribution in [2.75, 3.05) is 13.1 Å². The van der Waals surface area contributed by atoms with E-state index >= 15 is 0 Å². The zero-order valence-corrected chi connectivity index (χ0v) is 17.3. The van der Waals surface area contributed by atoms with Crippen LogP contribution in [0.15, 0.2) is 42.6 Å². The van der Waals surface area contributed by atoms with E-state index in [9.17, 15) is 4.79 Å². The molecule has 7 nitrogen and oxygen atoms in total. The van der Waals surface area contributed by atoms with Crippen LogP contribution in [0.1, 0.15) is 36.0 Å². The lowest BCUT2D eigenvalue weighted by Crippen LogP contribution is -2.40. The third-order valence-corrected chi connectivity index (χ3v) is 5.10. The van der Waals surface area contributed by atoms with Crippen molar-refractivity contribution in [1.82, 2.24) is 25.2 Å². The van der Waals surface area contributed by atoms with E-state index in [0.29, 0.717) is 19.6 Å². The largest absolute Gasteiger partial charge is 0.352 e. The second-order valence-corrected chi connectivity index (χ2v) is 6.92. The van der Waals surface area contributed by atoms with Crippen LogP contribution in [-0.2, 0) is 13.0 Å². The van der Waals surface area contributed by atoms with Gasteiger partial charge in [-0.15, -0.1) is 17.0 Å². The van der Waals surface area contributed by atoms with E-state index in [1.165, 1.54) is 5.56 Å². The average molecular weight is 445 g/mol. The molecule has 2 amide bonds. The number of pyridine rings is 1. The molecule has 1 aliphatic rings. The molecule has 4 rings (SSSR count). The molecule has 2 heterocycles. The number of aromatic amines is 1. The molecule has 0 radical (unpaired) electrons. The Labute approximate surface area is 174 Å². The minimum atomic E-state index is -0.499. The standard InChI is InChI=1S/C20H24N6O.BrH/c21-20(27)23-11-12-26(13-18-24-15-7-1-2-8-16(15)25-18)17-9-3-5-14-6-4-10-22-19(14)17;/h1-2,4,6-8,10,17H,3,5,9,11-13H2,(H,24,25)(H3,21,23,27);1H. The number of rotatable bonds is 6. The van der Waals surface area contributed by atoms with Gasteiger partial charge in [0.15, 0.2) is 0 Å². The molecule has 1 unspecified atom stereocenters. The van der Waals surface area contributed by atoms with Crippen LogP contribution >= 0.6 is 17.0 Å². The molecule has 0 spiro atoms. The Balaban J connectivity index is 0.00000225. The average Bonchev–Trinajstić information content (AvgIpc) is 3.09. The molecule has 28 heavy (non-hydrogen) atoms. The Morgan fingerprint density at radius 2 is 2.14 bits per heavy atom. The fourth-order valence-electron chi connectivity index (χ4n) is 3.88. The summed E-state index contributed by atoms with van der Waals surface area (Å²) in [7, 11) is 0. The highest BCUT2D eigenvalue weighted by molar-refractivity contribution is 8.93. The molecule has 148 valence electrons. The maximum absolute atomic E-state index is 11.1. The monoisotopic (exact) mass is 444 g/mol. The van der Waals surface area contributed by atoms with E-state index in [-0.39, 0.29) is 23.0 Å². The number of H-pyrrole nitrogens is 1. The Morgan fingerprint density at radius 1 is 1.29 bits per heavy atom. The first kappa shape index (κ1) is 20.3. The smallest absolute Gasteiger partial charge is 0.312 e. The molecule has 0 aliphatic heterocycles. The number of para-hydroxylation sites is 2. The summed E-state index contributed by atoms with van der Waals surface area (Å²) >= 11 is 0.